The number of ether oxygens (including phenoxy) is 1. The topological polar surface area (TPSA) is 109 Å². The molecule has 2 rings (SSSR count). The molecule has 116 valence electrons. The van der Waals surface area contributed by atoms with E-state index in [9.17, 15) is 18.3 Å². The number of aliphatic hydroxyl groups is 1. The lowest BCUT2D eigenvalue weighted by atomic mass is 10.2. The first-order chi connectivity index (χ1) is 9.98. The van der Waals surface area contributed by atoms with Gasteiger partial charge in [-0.15, -0.1) is 0 Å². The van der Waals surface area contributed by atoms with E-state index >= 15 is 0 Å². The van der Waals surface area contributed by atoms with Crippen molar-refractivity contribution in [1.29, 1.82) is 0 Å². The maximum atomic E-state index is 12.2. The average Bonchev–Trinajstić information content (AvgIpc) is 2.65. The molecule has 2 heterocycles. The maximum absolute atomic E-state index is 12.2. The predicted molar refractivity (Wildman–Crippen MR) is 73.2 cm³/mol. The Kier molecular flexibility index (Phi) is 4.88. The largest absolute Gasteiger partial charge is 0.390 e. The van der Waals surface area contributed by atoms with Crippen molar-refractivity contribution in [2.75, 3.05) is 33.4 Å². The van der Waals surface area contributed by atoms with Crippen LogP contribution in [0.15, 0.2) is 23.4 Å². The normalized spacial score (nSPS) is 17.8. The SMILES string of the molecule is COCCNCC(O)CN1C(=O)c2cccnc2S1(=O)=O. The highest BCUT2D eigenvalue weighted by atomic mass is 32.2. The third-order valence-corrected chi connectivity index (χ3v) is 4.71. The third kappa shape index (κ3) is 3.21. The van der Waals surface area contributed by atoms with Crippen molar-refractivity contribution in [3.8, 4) is 0 Å². The minimum Gasteiger partial charge on any atom is -0.390 e. The van der Waals surface area contributed by atoms with Crippen LogP contribution in [0.3, 0.4) is 0 Å². The molecule has 8 nitrogen and oxygen atoms in total. The number of aromatic nitrogens is 1. The van der Waals surface area contributed by atoms with E-state index < -0.39 is 22.0 Å². The lowest BCUT2D eigenvalue weighted by molar-refractivity contribution is 0.0789. The number of carbonyl (C=O) groups is 1. The summed E-state index contributed by atoms with van der Waals surface area (Å²) in [6, 6.07) is 2.91. The summed E-state index contributed by atoms with van der Waals surface area (Å²) < 4.78 is 29.9. The van der Waals surface area contributed by atoms with Gasteiger partial charge < -0.3 is 15.2 Å². The van der Waals surface area contributed by atoms with Crippen molar-refractivity contribution < 1.29 is 23.1 Å². The van der Waals surface area contributed by atoms with Crippen molar-refractivity contribution >= 4 is 15.9 Å². The monoisotopic (exact) mass is 315 g/mol. The average molecular weight is 315 g/mol. The van der Waals surface area contributed by atoms with Crippen LogP contribution >= 0.6 is 0 Å². The summed E-state index contributed by atoms with van der Waals surface area (Å²) in [5.74, 6) is -0.658. The molecule has 0 radical (unpaired) electrons. The van der Waals surface area contributed by atoms with Gasteiger partial charge in [-0.1, -0.05) is 0 Å². The molecule has 2 N–H and O–H groups in total. The molecule has 1 aliphatic rings. The number of fused-ring (bicyclic) bond motifs is 1. The molecule has 0 saturated carbocycles. The minimum atomic E-state index is -3.97. The Morgan fingerprint density at radius 2 is 2.29 bits per heavy atom. The van der Waals surface area contributed by atoms with Crippen LogP contribution in [0.1, 0.15) is 10.4 Å². The molecule has 9 heteroatoms. The van der Waals surface area contributed by atoms with Crippen LogP contribution in [0.2, 0.25) is 0 Å². The Balaban J connectivity index is 2.04. The van der Waals surface area contributed by atoms with Crippen molar-refractivity contribution in [3.63, 3.8) is 0 Å². The maximum Gasteiger partial charge on any atom is 0.285 e. The van der Waals surface area contributed by atoms with E-state index in [1.54, 1.807) is 7.11 Å². The highest BCUT2D eigenvalue weighted by Crippen LogP contribution is 2.27. The van der Waals surface area contributed by atoms with E-state index in [2.05, 4.69) is 10.3 Å². The van der Waals surface area contributed by atoms with Crippen LogP contribution in [0.5, 0.6) is 0 Å². The molecule has 1 amide bonds. The number of sulfonamides is 1. The number of nitrogens with zero attached hydrogens (tertiary/aromatic N) is 2. The molecule has 0 saturated heterocycles. The van der Waals surface area contributed by atoms with Crippen LogP contribution in [0.4, 0.5) is 0 Å². The third-order valence-electron chi connectivity index (χ3n) is 3.00. The predicted octanol–water partition coefficient (Wildman–Crippen LogP) is -1.18. The van der Waals surface area contributed by atoms with Gasteiger partial charge in [-0.3, -0.25) is 4.79 Å². The number of carbonyl (C=O) groups excluding carboxylic acids is 1. The van der Waals surface area contributed by atoms with Gasteiger partial charge in [0, 0.05) is 26.4 Å². The van der Waals surface area contributed by atoms with Gasteiger partial charge in [-0.05, 0) is 12.1 Å². The molecule has 21 heavy (non-hydrogen) atoms. The van der Waals surface area contributed by atoms with E-state index in [1.807, 2.05) is 0 Å². The highest BCUT2D eigenvalue weighted by Gasteiger charge is 2.42. The number of hydrogen-bond donors (Lipinski definition) is 2. The standard InChI is InChI=1S/C12H17N3O5S/c1-20-6-5-13-7-9(16)8-15-12(17)10-3-2-4-14-11(10)21(15,18)19/h2-4,9,13,16H,5-8H2,1H3. The van der Waals surface area contributed by atoms with Crippen molar-refractivity contribution in [3.05, 3.63) is 23.9 Å². The molecular formula is C12H17N3O5S. The molecular weight excluding hydrogens is 298 g/mol. The Hall–Kier alpha value is -1.55. The van der Waals surface area contributed by atoms with Crippen molar-refractivity contribution in [2.45, 2.75) is 11.1 Å². The van der Waals surface area contributed by atoms with E-state index in [0.29, 0.717) is 17.5 Å². The molecule has 0 aromatic carbocycles. The van der Waals surface area contributed by atoms with Gasteiger partial charge in [0.15, 0.2) is 5.03 Å². The first-order valence-corrected chi connectivity index (χ1v) is 7.82. The summed E-state index contributed by atoms with van der Waals surface area (Å²) >= 11 is 0. The van der Waals surface area contributed by atoms with Crippen LogP contribution in [-0.4, -0.2) is 68.2 Å². The lowest BCUT2D eigenvalue weighted by Crippen LogP contribution is -2.41. The zero-order valence-corrected chi connectivity index (χ0v) is 12.3. The first-order valence-electron chi connectivity index (χ1n) is 6.38. The van der Waals surface area contributed by atoms with Gasteiger partial charge in [0.2, 0.25) is 0 Å². The van der Waals surface area contributed by atoms with E-state index in [1.165, 1.54) is 18.3 Å². The second-order valence-electron chi connectivity index (χ2n) is 4.55. The summed E-state index contributed by atoms with van der Waals surface area (Å²) in [4.78, 5) is 15.8. The fraction of sp³-hybridized carbons (Fsp3) is 0.500. The van der Waals surface area contributed by atoms with Gasteiger partial charge in [-0.25, -0.2) is 9.29 Å². The van der Waals surface area contributed by atoms with Gasteiger partial charge >= 0.3 is 0 Å². The van der Waals surface area contributed by atoms with E-state index in [-0.39, 0.29) is 23.7 Å². The number of pyridine rings is 1. The smallest absolute Gasteiger partial charge is 0.285 e. The molecule has 1 atom stereocenters. The zero-order valence-electron chi connectivity index (χ0n) is 11.5. The first kappa shape index (κ1) is 15.8. The van der Waals surface area contributed by atoms with E-state index in [4.69, 9.17) is 4.74 Å². The van der Waals surface area contributed by atoms with Gasteiger partial charge in [0.05, 0.1) is 24.8 Å². The van der Waals surface area contributed by atoms with Gasteiger partial charge in [0.1, 0.15) is 0 Å². The number of methoxy groups -OCH3 is 1. The minimum absolute atomic E-state index is 0.0389. The molecule has 1 aliphatic heterocycles. The molecule has 1 aromatic rings. The summed E-state index contributed by atoms with van der Waals surface area (Å²) in [7, 11) is -2.41. The Morgan fingerprint density at radius 3 is 2.95 bits per heavy atom. The fourth-order valence-corrected chi connectivity index (χ4v) is 3.51. The van der Waals surface area contributed by atoms with Gasteiger partial charge in [0.25, 0.3) is 15.9 Å². The van der Waals surface area contributed by atoms with Crippen molar-refractivity contribution in [1.82, 2.24) is 14.6 Å². The molecule has 1 aromatic heterocycles. The quantitative estimate of drug-likeness (QED) is 0.610. The summed E-state index contributed by atoms with van der Waals surface area (Å²) in [6.45, 7) is 0.850. The molecule has 0 aliphatic carbocycles. The number of rotatable bonds is 7. The summed E-state index contributed by atoms with van der Waals surface area (Å²) in [5, 5.41) is 12.5. The van der Waals surface area contributed by atoms with Crippen LogP contribution < -0.4 is 5.32 Å². The zero-order chi connectivity index (χ0) is 15.5. The number of aliphatic hydroxyl groups excluding tert-OH is 1. The van der Waals surface area contributed by atoms with Crippen LogP contribution in [0.25, 0.3) is 0 Å². The number of hydrogen-bond acceptors (Lipinski definition) is 7. The number of β-amino-alcohol motifs (C(OH)–C–C–N with tert-alkyl or cyclic N) is 1. The Bertz CT molecular complexity index is 619. The Labute approximate surface area is 122 Å². The molecule has 0 spiro atoms. The summed E-state index contributed by atoms with van der Waals surface area (Å²) in [5.41, 5.74) is 0.0389. The number of amides is 1. The van der Waals surface area contributed by atoms with Gasteiger partial charge in [-0.2, -0.15) is 8.42 Å². The molecule has 0 fully saturated rings. The molecule has 0 bridgehead atoms. The van der Waals surface area contributed by atoms with Crippen molar-refractivity contribution in [2.24, 2.45) is 0 Å². The Morgan fingerprint density at radius 1 is 1.52 bits per heavy atom. The van der Waals surface area contributed by atoms with Crippen LogP contribution in [-0.2, 0) is 14.8 Å². The number of nitrogens with one attached hydrogen (secondary N) is 1. The second kappa shape index (κ2) is 6.48. The lowest BCUT2D eigenvalue weighted by Gasteiger charge is -2.19. The van der Waals surface area contributed by atoms with Crippen LogP contribution in [0, 0.1) is 0 Å². The summed E-state index contributed by atoms with van der Waals surface area (Å²) in [6.07, 6.45) is 0.311. The second-order valence-corrected chi connectivity index (χ2v) is 6.33. The van der Waals surface area contributed by atoms with E-state index in [0.717, 1.165) is 0 Å². The highest BCUT2D eigenvalue weighted by molar-refractivity contribution is 7.90. The fourth-order valence-electron chi connectivity index (χ4n) is 1.99. The molecule has 1 unspecified atom stereocenters.